The van der Waals surface area contributed by atoms with E-state index < -0.39 is 0 Å². The molecule has 1 N–H and O–H groups in total. The minimum Gasteiger partial charge on any atom is -0.454 e. The smallest absolute Gasteiger partial charge is 0.255 e. The summed E-state index contributed by atoms with van der Waals surface area (Å²) in [5.41, 5.74) is 2.29. The average Bonchev–Trinajstić information content (AvgIpc) is 2.77. The van der Waals surface area contributed by atoms with E-state index in [0.717, 1.165) is 38.4 Å². The highest BCUT2D eigenvalue weighted by molar-refractivity contribution is 6.32. The Balaban J connectivity index is 1.48. The second kappa shape index (κ2) is 9.76. The monoisotopic (exact) mass is 422 g/mol. The summed E-state index contributed by atoms with van der Waals surface area (Å²) < 4.78 is 11.3. The zero-order valence-corrected chi connectivity index (χ0v) is 17.3. The molecule has 5 nitrogen and oxygen atoms in total. The fourth-order valence-electron chi connectivity index (χ4n) is 3.33. The van der Waals surface area contributed by atoms with Crippen LogP contribution in [-0.2, 0) is 11.3 Å². The van der Waals surface area contributed by atoms with Crippen molar-refractivity contribution in [3.05, 3.63) is 88.9 Å². The number of carbonyl (C=O) groups excluding carboxylic acids is 1. The second-order valence-electron chi connectivity index (χ2n) is 7.07. The molecule has 30 heavy (non-hydrogen) atoms. The second-order valence-corrected chi connectivity index (χ2v) is 7.48. The van der Waals surface area contributed by atoms with E-state index in [1.807, 2.05) is 54.6 Å². The zero-order valence-electron chi connectivity index (χ0n) is 16.5. The fraction of sp³-hybridized carbons (Fsp3) is 0.208. The van der Waals surface area contributed by atoms with Crippen molar-refractivity contribution in [2.24, 2.45) is 0 Å². The topological polar surface area (TPSA) is 50.8 Å². The van der Waals surface area contributed by atoms with Gasteiger partial charge in [0.2, 0.25) is 0 Å². The van der Waals surface area contributed by atoms with Crippen molar-refractivity contribution in [2.75, 3.05) is 31.6 Å². The molecule has 1 amide bonds. The Hall–Kier alpha value is -2.86. The van der Waals surface area contributed by atoms with Gasteiger partial charge in [-0.2, -0.15) is 0 Å². The number of hydrogen-bond donors (Lipinski definition) is 1. The summed E-state index contributed by atoms with van der Waals surface area (Å²) in [6.07, 6.45) is 0. The molecule has 6 heteroatoms. The highest BCUT2D eigenvalue weighted by atomic mass is 35.5. The molecule has 0 aromatic heterocycles. The molecule has 0 unspecified atom stereocenters. The van der Waals surface area contributed by atoms with E-state index in [-0.39, 0.29) is 5.91 Å². The predicted molar refractivity (Wildman–Crippen MR) is 118 cm³/mol. The maximum atomic E-state index is 12.9. The first kappa shape index (κ1) is 20.4. The number of halogens is 1. The molecule has 0 saturated carbocycles. The minimum atomic E-state index is -0.186. The number of anilines is 1. The van der Waals surface area contributed by atoms with Gasteiger partial charge in [-0.15, -0.1) is 0 Å². The predicted octanol–water partition coefficient (Wildman–Crippen LogP) is 5.22. The van der Waals surface area contributed by atoms with Crippen LogP contribution in [0, 0.1) is 0 Å². The fourth-order valence-corrected chi connectivity index (χ4v) is 3.50. The van der Waals surface area contributed by atoms with E-state index in [1.54, 1.807) is 18.2 Å². The van der Waals surface area contributed by atoms with E-state index in [0.29, 0.717) is 27.8 Å². The Kier molecular flexibility index (Phi) is 6.64. The third-order valence-corrected chi connectivity index (χ3v) is 5.20. The first-order chi connectivity index (χ1) is 14.7. The Bertz CT molecular complexity index is 1020. The SMILES string of the molecule is O=C(Nc1ccccc1Oc1ccccc1Cl)c1cccc(CN2CCOCC2)c1. The molecular weight excluding hydrogens is 400 g/mol. The molecule has 0 bridgehead atoms. The molecule has 1 aliphatic rings. The van der Waals surface area contributed by atoms with Crippen molar-refractivity contribution < 1.29 is 14.3 Å². The lowest BCUT2D eigenvalue weighted by Gasteiger charge is -2.26. The first-order valence-electron chi connectivity index (χ1n) is 9.91. The van der Waals surface area contributed by atoms with Crippen molar-refractivity contribution in [3.8, 4) is 11.5 Å². The number of para-hydroxylation sites is 3. The Morgan fingerprint density at radius 2 is 1.70 bits per heavy atom. The highest BCUT2D eigenvalue weighted by Gasteiger charge is 2.14. The summed E-state index contributed by atoms with van der Waals surface area (Å²) in [6.45, 7) is 4.12. The van der Waals surface area contributed by atoms with Crippen molar-refractivity contribution >= 4 is 23.2 Å². The van der Waals surface area contributed by atoms with Crippen molar-refractivity contribution in [3.63, 3.8) is 0 Å². The van der Waals surface area contributed by atoms with Gasteiger partial charge in [0.1, 0.15) is 5.75 Å². The van der Waals surface area contributed by atoms with Crippen LogP contribution >= 0.6 is 11.6 Å². The van der Waals surface area contributed by atoms with Crippen molar-refractivity contribution in [1.29, 1.82) is 0 Å². The van der Waals surface area contributed by atoms with Crippen LogP contribution < -0.4 is 10.1 Å². The molecule has 1 aliphatic heterocycles. The molecule has 1 saturated heterocycles. The number of ether oxygens (including phenoxy) is 2. The van der Waals surface area contributed by atoms with E-state index in [9.17, 15) is 4.79 Å². The van der Waals surface area contributed by atoms with Gasteiger partial charge in [0, 0.05) is 25.2 Å². The summed E-state index contributed by atoms with van der Waals surface area (Å²) in [5.74, 6) is 0.880. The molecule has 0 aliphatic carbocycles. The zero-order chi connectivity index (χ0) is 20.8. The van der Waals surface area contributed by atoms with Gasteiger partial charge >= 0.3 is 0 Å². The van der Waals surface area contributed by atoms with Crippen molar-refractivity contribution in [1.82, 2.24) is 4.90 Å². The average molecular weight is 423 g/mol. The van der Waals surface area contributed by atoms with Gasteiger partial charge in [0.05, 0.1) is 23.9 Å². The number of nitrogens with zero attached hydrogens (tertiary/aromatic N) is 1. The third-order valence-electron chi connectivity index (χ3n) is 4.89. The van der Waals surface area contributed by atoms with Gasteiger partial charge < -0.3 is 14.8 Å². The third kappa shape index (κ3) is 5.19. The molecule has 3 aromatic carbocycles. The lowest BCUT2D eigenvalue weighted by molar-refractivity contribution is 0.0342. The van der Waals surface area contributed by atoms with Crippen LogP contribution in [0.3, 0.4) is 0 Å². The first-order valence-corrected chi connectivity index (χ1v) is 10.3. The molecule has 0 atom stereocenters. The number of hydrogen-bond acceptors (Lipinski definition) is 4. The number of carbonyl (C=O) groups is 1. The molecule has 154 valence electrons. The van der Waals surface area contributed by atoms with Crippen LogP contribution in [-0.4, -0.2) is 37.1 Å². The van der Waals surface area contributed by atoms with Gasteiger partial charge in [0.25, 0.3) is 5.91 Å². The highest BCUT2D eigenvalue weighted by Crippen LogP contribution is 2.33. The Labute approximate surface area is 181 Å². The number of nitrogens with one attached hydrogen (secondary N) is 1. The minimum absolute atomic E-state index is 0.186. The number of amides is 1. The normalized spacial score (nSPS) is 14.3. The Morgan fingerprint density at radius 1 is 0.967 bits per heavy atom. The van der Waals surface area contributed by atoms with Gasteiger partial charge in [-0.25, -0.2) is 0 Å². The molecule has 0 spiro atoms. The van der Waals surface area contributed by atoms with Crippen LogP contribution in [0.4, 0.5) is 5.69 Å². The van der Waals surface area contributed by atoms with E-state index in [2.05, 4.69) is 10.2 Å². The van der Waals surface area contributed by atoms with Gasteiger partial charge in [0.15, 0.2) is 5.75 Å². The molecule has 1 heterocycles. The van der Waals surface area contributed by atoms with E-state index in [4.69, 9.17) is 21.1 Å². The van der Waals surface area contributed by atoms with Gasteiger partial charge in [-0.1, -0.05) is 48.0 Å². The van der Waals surface area contributed by atoms with Crippen LogP contribution in [0.25, 0.3) is 0 Å². The van der Waals surface area contributed by atoms with E-state index >= 15 is 0 Å². The summed E-state index contributed by atoms with van der Waals surface area (Å²) in [6, 6.07) is 22.3. The molecule has 0 radical (unpaired) electrons. The summed E-state index contributed by atoms with van der Waals surface area (Å²) in [7, 11) is 0. The quantitative estimate of drug-likeness (QED) is 0.592. The van der Waals surface area contributed by atoms with Crippen LogP contribution in [0.15, 0.2) is 72.8 Å². The lowest BCUT2D eigenvalue weighted by Crippen LogP contribution is -2.35. The van der Waals surface area contributed by atoms with Gasteiger partial charge in [-0.3, -0.25) is 9.69 Å². The summed E-state index contributed by atoms with van der Waals surface area (Å²) in [5, 5.41) is 3.47. The number of morpholine rings is 1. The van der Waals surface area contributed by atoms with Crippen LogP contribution in [0.2, 0.25) is 5.02 Å². The number of benzene rings is 3. The molecule has 1 fully saturated rings. The Morgan fingerprint density at radius 3 is 2.50 bits per heavy atom. The van der Waals surface area contributed by atoms with E-state index in [1.165, 1.54) is 0 Å². The summed E-state index contributed by atoms with van der Waals surface area (Å²) in [4.78, 5) is 15.2. The maximum absolute atomic E-state index is 12.9. The number of rotatable bonds is 6. The van der Waals surface area contributed by atoms with Gasteiger partial charge in [-0.05, 0) is 42.0 Å². The maximum Gasteiger partial charge on any atom is 0.255 e. The van der Waals surface area contributed by atoms with Crippen LogP contribution in [0.5, 0.6) is 11.5 Å². The van der Waals surface area contributed by atoms with Crippen LogP contribution in [0.1, 0.15) is 15.9 Å². The standard InChI is InChI=1S/C24H23ClN2O3/c25-20-8-1-3-10-22(20)30-23-11-4-2-9-21(23)26-24(28)19-7-5-6-18(16-19)17-27-12-14-29-15-13-27/h1-11,16H,12-15,17H2,(H,26,28). The molecule has 4 rings (SSSR count). The molecular formula is C24H23ClN2O3. The summed E-state index contributed by atoms with van der Waals surface area (Å²) >= 11 is 6.20. The molecule has 3 aromatic rings. The van der Waals surface area contributed by atoms with Crippen molar-refractivity contribution in [2.45, 2.75) is 6.54 Å². The lowest BCUT2D eigenvalue weighted by atomic mass is 10.1. The largest absolute Gasteiger partial charge is 0.454 e.